The third-order valence-electron chi connectivity index (χ3n) is 5.21. The molecule has 1 fully saturated rings. The molecule has 1 aliphatic heterocycles. The largest absolute Gasteiger partial charge is 0.342 e. The molecule has 1 amide bonds. The number of carbonyl (C=O) groups excluding carboxylic acids is 1. The minimum absolute atomic E-state index is 0.217. The summed E-state index contributed by atoms with van der Waals surface area (Å²) in [6, 6.07) is 14.6. The zero-order valence-corrected chi connectivity index (χ0v) is 15.1. The second kappa shape index (κ2) is 7.24. The number of nitrogens with zero attached hydrogens (tertiary/aromatic N) is 3. The maximum atomic E-state index is 12.7. The molecule has 2 heterocycles. The van der Waals surface area contributed by atoms with E-state index in [9.17, 15) is 4.79 Å². The average molecular weight is 345 g/mol. The molecule has 0 N–H and O–H groups in total. The van der Waals surface area contributed by atoms with E-state index >= 15 is 0 Å². The average Bonchev–Trinajstić information content (AvgIpc) is 2.68. The van der Waals surface area contributed by atoms with Crippen LogP contribution in [-0.4, -0.2) is 33.9 Å². The number of hydrogen-bond acceptors (Lipinski definition) is 3. The second-order valence-electron chi connectivity index (χ2n) is 7.10. The van der Waals surface area contributed by atoms with E-state index < -0.39 is 0 Å². The minimum Gasteiger partial charge on any atom is -0.342 e. The molecule has 1 aliphatic rings. The third-order valence-corrected chi connectivity index (χ3v) is 5.21. The first-order valence-corrected chi connectivity index (χ1v) is 9.23. The third kappa shape index (κ3) is 3.59. The Labute approximate surface area is 153 Å². The predicted octanol–water partition coefficient (Wildman–Crippen LogP) is 3.89. The van der Waals surface area contributed by atoms with Crippen molar-refractivity contribution in [2.24, 2.45) is 0 Å². The summed E-state index contributed by atoms with van der Waals surface area (Å²) < 4.78 is 0. The molecular weight excluding hydrogens is 322 g/mol. The van der Waals surface area contributed by atoms with Gasteiger partial charge in [-0.2, -0.15) is 0 Å². The summed E-state index contributed by atoms with van der Waals surface area (Å²) in [4.78, 5) is 23.5. The number of aromatic nitrogens is 2. The normalized spacial score (nSPS) is 15.3. The highest BCUT2D eigenvalue weighted by Gasteiger charge is 2.24. The van der Waals surface area contributed by atoms with Gasteiger partial charge in [-0.15, -0.1) is 0 Å². The molecule has 4 nitrogen and oxygen atoms in total. The Morgan fingerprint density at radius 2 is 1.85 bits per heavy atom. The number of rotatable bonds is 3. The summed E-state index contributed by atoms with van der Waals surface area (Å²) in [5.74, 6) is 0.626. The van der Waals surface area contributed by atoms with Crippen LogP contribution in [-0.2, 0) is 11.2 Å². The van der Waals surface area contributed by atoms with Crippen LogP contribution in [0.4, 0.5) is 0 Å². The Hall–Kier alpha value is -2.75. The molecule has 0 spiro atoms. The Bertz CT molecular complexity index is 929. The van der Waals surface area contributed by atoms with Gasteiger partial charge in [-0.05, 0) is 36.1 Å². The van der Waals surface area contributed by atoms with Gasteiger partial charge in [-0.25, -0.2) is 0 Å². The summed E-state index contributed by atoms with van der Waals surface area (Å²) >= 11 is 0. The molecule has 1 saturated heterocycles. The van der Waals surface area contributed by atoms with Gasteiger partial charge in [0.1, 0.15) is 0 Å². The van der Waals surface area contributed by atoms with Gasteiger partial charge in [0.2, 0.25) is 5.91 Å². The standard InChI is InChI=1S/C22H23N3O/c1-16-14-23-15-21(24-16)19-8-10-25(11-9-19)22(26)13-17-6-7-18-4-2-3-5-20(18)12-17/h2-7,12,14-15,19H,8-11,13H2,1H3. The molecule has 132 valence electrons. The van der Waals surface area contributed by atoms with E-state index in [0.717, 1.165) is 42.9 Å². The smallest absolute Gasteiger partial charge is 0.226 e. The maximum Gasteiger partial charge on any atom is 0.226 e. The molecule has 4 rings (SSSR count). The molecule has 0 unspecified atom stereocenters. The van der Waals surface area contributed by atoms with Crippen LogP contribution in [0.3, 0.4) is 0 Å². The monoisotopic (exact) mass is 345 g/mol. The van der Waals surface area contributed by atoms with Crippen molar-refractivity contribution < 1.29 is 4.79 Å². The molecule has 0 atom stereocenters. The second-order valence-corrected chi connectivity index (χ2v) is 7.10. The molecule has 4 heteroatoms. The van der Waals surface area contributed by atoms with Crippen molar-refractivity contribution in [2.75, 3.05) is 13.1 Å². The van der Waals surface area contributed by atoms with Gasteiger partial charge in [0.05, 0.1) is 17.8 Å². The predicted molar refractivity (Wildman–Crippen MR) is 103 cm³/mol. The van der Waals surface area contributed by atoms with Crippen LogP contribution in [0.25, 0.3) is 10.8 Å². The highest BCUT2D eigenvalue weighted by molar-refractivity contribution is 5.85. The number of amides is 1. The first kappa shape index (κ1) is 16.7. The van der Waals surface area contributed by atoms with Gasteiger partial charge in [0.25, 0.3) is 0 Å². The zero-order valence-electron chi connectivity index (χ0n) is 15.1. The summed E-state index contributed by atoms with van der Waals surface area (Å²) in [6.45, 7) is 3.57. The van der Waals surface area contributed by atoms with Gasteiger partial charge in [0, 0.05) is 31.4 Å². The van der Waals surface area contributed by atoms with Crippen LogP contribution in [0.1, 0.15) is 35.7 Å². The van der Waals surface area contributed by atoms with Gasteiger partial charge in [-0.1, -0.05) is 42.5 Å². The van der Waals surface area contributed by atoms with E-state index in [1.54, 1.807) is 6.20 Å². The Morgan fingerprint density at radius 1 is 1.08 bits per heavy atom. The lowest BCUT2D eigenvalue weighted by molar-refractivity contribution is -0.131. The fraction of sp³-hybridized carbons (Fsp3) is 0.318. The van der Waals surface area contributed by atoms with E-state index in [1.807, 2.05) is 30.2 Å². The number of hydrogen-bond donors (Lipinski definition) is 0. The van der Waals surface area contributed by atoms with Crippen LogP contribution in [0.5, 0.6) is 0 Å². The summed E-state index contributed by atoms with van der Waals surface area (Å²) in [5, 5.41) is 2.40. The van der Waals surface area contributed by atoms with Crippen LogP contribution in [0.2, 0.25) is 0 Å². The number of aryl methyl sites for hydroxylation is 1. The lowest BCUT2D eigenvalue weighted by Gasteiger charge is -2.31. The Morgan fingerprint density at radius 3 is 2.62 bits per heavy atom. The fourth-order valence-corrected chi connectivity index (χ4v) is 3.74. The van der Waals surface area contributed by atoms with Crippen LogP contribution < -0.4 is 0 Å². The molecule has 0 bridgehead atoms. The van der Waals surface area contributed by atoms with Crippen molar-refractivity contribution in [3.05, 3.63) is 71.8 Å². The number of piperidine rings is 1. The van der Waals surface area contributed by atoms with Gasteiger partial charge < -0.3 is 4.90 Å². The number of fused-ring (bicyclic) bond motifs is 1. The van der Waals surface area contributed by atoms with Crippen LogP contribution in [0, 0.1) is 6.92 Å². The van der Waals surface area contributed by atoms with E-state index in [1.165, 1.54) is 10.8 Å². The first-order valence-electron chi connectivity index (χ1n) is 9.23. The quantitative estimate of drug-likeness (QED) is 0.723. The maximum absolute atomic E-state index is 12.7. The fourth-order valence-electron chi connectivity index (χ4n) is 3.74. The van der Waals surface area contributed by atoms with Gasteiger partial charge in [0.15, 0.2) is 0 Å². The molecular formula is C22H23N3O. The molecule has 1 aromatic heterocycles. The first-order chi connectivity index (χ1) is 12.7. The number of carbonyl (C=O) groups is 1. The van der Waals surface area contributed by atoms with Crippen LogP contribution in [0.15, 0.2) is 54.9 Å². The SMILES string of the molecule is Cc1cncc(C2CCN(C(=O)Cc3ccc4ccccc4c3)CC2)n1. The van der Waals surface area contributed by atoms with Crippen molar-refractivity contribution in [1.29, 1.82) is 0 Å². The number of benzene rings is 2. The van der Waals surface area contributed by atoms with Crippen molar-refractivity contribution in [3.8, 4) is 0 Å². The van der Waals surface area contributed by atoms with Crippen molar-refractivity contribution in [1.82, 2.24) is 14.9 Å². The molecule has 0 radical (unpaired) electrons. The summed E-state index contributed by atoms with van der Waals surface area (Å²) in [7, 11) is 0. The molecule has 2 aromatic carbocycles. The van der Waals surface area contributed by atoms with E-state index in [0.29, 0.717) is 12.3 Å². The molecule has 26 heavy (non-hydrogen) atoms. The van der Waals surface area contributed by atoms with Crippen molar-refractivity contribution in [3.63, 3.8) is 0 Å². The number of likely N-dealkylation sites (tertiary alicyclic amines) is 1. The highest BCUT2D eigenvalue weighted by Crippen LogP contribution is 2.27. The molecule has 0 saturated carbocycles. The van der Waals surface area contributed by atoms with Gasteiger partial charge >= 0.3 is 0 Å². The van der Waals surface area contributed by atoms with E-state index in [-0.39, 0.29) is 5.91 Å². The van der Waals surface area contributed by atoms with Crippen LogP contribution >= 0.6 is 0 Å². The van der Waals surface area contributed by atoms with E-state index in [4.69, 9.17) is 0 Å². The lowest BCUT2D eigenvalue weighted by Crippen LogP contribution is -2.39. The Balaban J connectivity index is 1.38. The lowest BCUT2D eigenvalue weighted by atomic mass is 9.93. The minimum atomic E-state index is 0.217. The Kier molecular flexibility index (Phi) is 4.65. The van der Waals surface area contributed by atoms with Crippen molar-refractivity contribution >= 4 is 16.7 Å². The zero-order chi connectivity index (χ0) is 17.9. The van der Waals surface area contributed by atoms with Gasteiger partial charge in [-0.3, -0.25) is 14.8 Å². The molecule has 3 aromatic rings. The van der Waals surface area contributed by atoms with E-state index in [2.05, 4.69) is 40.3 Å². The highest BCUT2D eigenvalue weighted by atomic mass is 16.2. The van der Waals surface area contributed by atoms with Crippen molar-refractivity contribution in [2.45, 2.75) is 32.1 Å². The topological polar surface area (TPSA) is 46.1 Å². The molecule has 0 aliphatic carbocycles. The summed E-state index contributed by atoms with van der Waals surface area (Å²) in [5.41, 5.74) is 3.10. The summed E-state index contributed by atoms with van der Waals surface area (Å²) in [6.07, 6.45) is 6.04.